The molecule has 2 aromatic heterocycles. The van der Waals surface area contributed by atoms with Crippen molar-refractivity contribution in [3.8, 4) is 11.3 Å². The number of likely N-dealkylation sites (N-methyl/N-ethyl adjacent to an activating group) is 1. The van der Waals surface area contributed by atoms with Crippen molar-refractivity contribution in [1.82, 2.24) is 20.2 Å². The lowest BCUT2D eigenvalue weighted by atomic mass is 10.2. The third kappa shape index (κ3) is 2.48. The molecule has 0 radical (unpaired) electrons. The van der Waals surface area contributed by atoms with Crippen LogP contribution in [0.4, 0.5) is 0 Å². The van der Waals surface area contributed by atoms with Gasteiger partial charge in [0.25, 0.3) is 5.91 Å². The molecule has 2 aromatic rings. The average molecular weight is 290 g/mol. The fraction of sp³-hybridized carbons (Fsp3) is 0.429. The first-order chi connectivity index (χ1) is 9.65. The van der Waals surface area contributed by atoms with Crippen LogP contribution in [0.1, 0.15) is 21.9 Å². The number of aryl methyl sites for hydroxylation is 1. The Bertz CT molecular complexity index is 612. The maximum absolute atomic E-state index is 12.4. The molecule has 0 spiro atoms. The van der Waals surface area contributed by atoms with Crippen LogP contribution in [0, 0.1) is 6.92 Å². The number of aromatic nitrogens is 2. The molecule has 1 fully saturated rings. The van der Waals surface area contributed by atoms with E-state index in [0.29, 0.717) is 5.69 Å². The van der Waals surface area contributed by atoms with Gasteiger partial charge < -0.3 is 15.2 Å². The van der Waals surface area contributed by atoms with Gasteiger partial charge in [0.1, 0.15) is 5.69 Å². The van der Waals surface area contributed by atoms with Gasteiger partial charge in [0, 0.05) is 36.8 Å². The zero-order valence-electron chi connectivity index (χ0n) is 11.6. The van der Waals surface area contributed by atoms with E-state index < -0.39 is 0 Å². The smallest absolute Gasteiger partial charge is 0.270 e. The minimum Gasteiger partial charge on any atom is -0.357 e. The number of amides is 1. The van der Waals surface area contributed by atoms with Crippen molar-refractivity contribution in [3.05, 3.63) is 28.3 Å². The molecule has 0 aliphatic carbocycles. The summed E-state index contributed by atoms with van der Waals surface area (Å²) in [6, 6.07) is 2.17. The minimum absolute atomic E-state index is 0.0388. The number of hydrogen-bond donors (Lipinski definition) is 2. The predicted molar refractivity (Wildman–Crippen MR) is 80.0 cm³/mol. The minimum atomic E-state index is 0.0388. The van der Waals surface area contributed by atoms with E-state index in [1.54, 1.807) is 11.3 Å². The zero-order chi connectivity index (χ0) is 14.1. The van der Waals surface area contributed by atoms with Crippen LogP contribution in [-0.4, -0.2) is 47.0 Å². The highest BCUT2D eigenvalue weighted by Gasteiger charge is 2.24. The third-order valence-electron chi connectivity index (χ3n) is 3.73. The number of thiazole rings is 1. The van der Waals surface area contributed by atoms with Crippen LogP contribution in [0.3, 0.4) is 0 Å². The molecule has 106 valence electrons. The van der Waals surface area contributed by atoms with Gasteiger partial charge in [0.15, 0.2) is 0 Å². The Morgan fingerprint density at radius 1 is 1.55 bits per heavy atom. The predicted octanol–water partition coefficient (Wildman–Crippen LogP) is 1.88. The summed E-state index contributed by atoms with van der Waals surface area (Å²) in [6.45, 7) is 3.84. The number of nitrogens with one attached hydrogen (secondary N) is 2. The van der Waals surface area contributed by atoms with Gasteiger partial charge in [-0.3, -0.25) is 4.79 Å². The van der Waals surface area contributed by atoms with Crippen LogP contribution < -0.4 is 5.32 Å². The Kier molecular flexibility index (Phi) is 3.58. The van der Waals surface area contributed by atoms with E-state index in [9.17, 15) is 4.79 Å². The lowest BCUT2D eigenvalue weighted by Gasteiger charge is -2.23. The van der Waals surface area contributed by atoms with Crippen molar-refractivity contribution in [2.45, 2.75) is 19.4 Å². The normalized spacial score (nSPS) is 18.4. The Balaban J connectivity index is 1.77. The van der Waals surface area contributed by atoms with Gasteiger partial charge in [0.05, 0.1) is 10.7 Å². The lowest BCUT2D eigenvalue weighted by molar-refractivity contribution is 0.0738. The Labute approximate surface area is 122 Å². The monoisotopic (exact) mass is 290 g/mol. The molecule has 1 atom stereocenters. The number of rotatable bonds is 3. The summed E-state index contributed by atoms with van der Waals surface area (Å²) in [6.07, 6.45) is 2.86. The summed E-state index contributed by atoms with van der Waals surface area (Å²) in [5, 5.41) is 6.32. The largest absolute Gasteiger partial charge is 0.357 e. The van der Waals surface area contributed by atoms with Crippen molar-refractivity contribution in [2.75, 3.05) is 20.1 Å². The molecule has 3 heterocycles. The molecular formula is C14H18N4OS. The number of H-pyrrole nitrogens is 1. The Morgan fingerprint density at radius 3 is 3.05 bits per heavy atom. The molecule has 20 heavy (non-hydrogen) atoms. The summed E-state index contributed by atoms with van der Waals surface area (Å²) < 4.78 is 0. The number of hydrogen-bond acceptors (Lipinski definition) is 4. The highest BCUT2D eigenvalue weighted by molar-refractivity contribution is 7.09. The first kappa shape index (κ1) is 13.3. The summed E-state index contributed by atoms with van der Waals surface area (Å²) in [5.41, 5.74) is 2.52. The fourth-order valence-electron chi connectivity index (χ4n) is 2.49. The SMILES string of the molecule is Cc1nc(-c2c[nH]c(C(=O)N(C)C3CCNC3)c2)cs1. The van der Waals surface area contributed by atoms with Crippen molar-refractivity contribution < 1.29 is 4.79 Å². The summed E-state index contributed by atoms with van der Waals surface area (Å²) >= 11 is 1.61. The number of aromatic amines is 1. The quantitative estimate of drug-likeness (QED) is 0.907. The van der Waals surface area contributed by atoms with E-state index in [1.807, 2.05) is 36.5 Å². The maximum atomic E-state index is 12.4. The molecule has 0 aromatic carbocycles. The van der Waals surface area contributed by atoms with Gasteiger partial charge in [-0.1, -0.05) is 0 Å². The third-order valence-corrected chi connectivity index (χ3v) is 4.50. The number of carbonyl (C=O) groups is 1. The topological polar surface area (TPSA) is 61.0 Å². The molecule has 6 heteroatoms. The van der Waals surface area contributed by atoms with Crippen molar-refractivity contribution in [1.29, 1.82) is 0 Å². The van der Waals surface area contributed by atoms with E-state index >= 15 is 0 Å². The standard InChI is InChI=1S/C14H18N4OS/c1-9-17-13(8-20-9)10-5-12(16-6-10)14(19)18(2)11-3-4-15-7-11/h5-6,8,11,15-16H,3-4,7H2,1-2H3. The van der Waals surface area contributed by atoms with Crippen LogP contribution in [0.15, 0.2) is 17.6 Å². The van der Waals surface area contributed by atoms with Gasteiger partial charge >= 0.3 is 0 Å². The average Bonchev–Trinajstić information content (AvgIpc) is 3.17. The molecule has 3 rings (SSSR count). The van der Waals surface area contributed by atoms with Crippen molar-refractivity contribution >= 4 is 17.2 Å². The van der Waals surface area contributed by atoms with Gasteiger partial charge in [-0.05, 0) is 26.0 Å². The summed E-state index contributed by atoms with van der Waals surface area (Å²) in [4.78, 5) is 21.8. The second-order valence-electron chi connectivity index (χ2n) is 5.12. The molecule has 1 aliphatic rings. The van der Waals surface area contributed by atoms with E-state index in [0.717, 1.165) is 35.8 Å². The van der Waals surface area contributed by atoms with Gasteiger partial charge in [-0.25, -0.2) is 4.98 Å². The van der Waals surface area contributed by atoms with Gasteiger partial charge in [0.2, 0.25) is 0 Å². The van der Waals surface area contributed by atoms with Gasteiger partial charge in [-0.2, -0.15) is 0 Å². The molecule has 1 unspecified atom stereocenters. The van der Waals surface area contributed by atoms with E-state index in [1.165, 1.54) is 0 Å². The number of nitrogens with zero attached hydrogens (tertiary/aromatic N) is 2. The molecule has 5 nitrogen and oxygen atoms in total. The number of carbonyl (C=O) groups excluding carboxylic acids is 1. The molecule has 0 saturated carbocycles. The van der Waals surface area contributed by atoms with E-state index in [-0.39, 0.29) is 11.9 Å². The zero-order valence-corrected chi connectivity index (χ0v) is 12.5. The Hall–Kier alpha value is -1.66. The fourth-order valence-corrected chi connectivity index (χ4v) is 3.11. The molecule has 1 amide bonds. The second kappa shape index (κ2) is 5.38. The van der Waals surface area contributed by atoms with Crippen LogP contribution in [0.25, 0.3) is 11.3 Å². The summed E-state index contributed by atoms with van der Waals surface area (Å²) in [7, 11) is 1.87. The van der Waals surface area contributed by atoms with Crippen LogP contribution >= 0.6 is 11.3 Å². The van der Waals surface area contributed by atoms with Gasteiger partial charge in [-0.15, -0.1) is 11.3 Å². The first-order valence-corrected chi connectivity index (χ1v) is 7.62. The van der Waals surface area contributed by atoms with Crippen molar-refractivity contribution in [3.63, 3.8) is 0 Å². The second-order valence-corrected chi connectivity index (χ2v) is 6.18. The van der Waals surface area contributed by atoms with Crippen LogP contribution in [0.5, 0.6) is 0 Å². The molecule has 1 saturated heterocycles. The Morgan fingerprint density at radius 2 is 2.40 bits per heavy atom. The molecular weight excluding hydrogens is 272 g/mol. The van der Waals surface area contributed by atoms with Crippen LogP contribution in [0.2, 0.25) is 0 Å². The maximum Gasteiger partial charge on any atom is 0.270 e. The molecule has 1 aliphatic heterocycles. The molecule has 0 bridgehead atoms. The van der Waals surface area contributed by atoms with Crippen molar-refractivity contribution in [2.24, 2.45) is 0 Å². The van der Waals surface area contributed by atoms with E-state index in [4.69, 9.17) is 0 Å². The van der Waals surface area contributed by atoms with Crippen LogP contribution in [-0.2, 0) is 0 Å². The lowest BCUT2D eigenvalue weighted by Crippen LogP contribution is -2.38. The molecule has 2 N–H and O–H groups in total. The summed E-state index contributed by atoms with van der Waals surface area (Å²) in [5.74, 6) is 0.0388. The van der Waals surface area contributed by atoms with E-state index in [2.05, 4.69) is 15.3 Å². The highest BCUT2D eigenvalue weighted by Crippen LogP contribution is 2.23. The first-order valence-electron chi connectivity index (χ1n) is 6.74. The highest BCUT2D eigenvalue weighted by atomic mass is 32.1.